The van der Waals surface area contributed by atoms with Crippen LogP contribution in [0.2, 0.25) is 0 Å². The Morgan fingerprint density at radius 3 is 2.82 bits per heavy atom. The minimum Gasteiger partial charge on any atom is -0.361 e. The van der Waals surface area contributed by atoms with E-state index in [2.05, 4.69) is 54.6 Å². The van der Waals surface area contributed by atoms with Crippen LogP contribution in [-0.4, -0.2) is 10.5 Å². The molecule has 1 aliphatic rings. The van der Waals surface area contributed by atoms with Gasteiger partial charge in [0.15, 0.2) is 0 Å². The molecule has 2 nitrogen and oxygen atoms in total. The summed E-state index contributed by atoms with van der Waals surface area (Å²) in [5.74, 6) is 0.868. The lowest BCUT2D eigenvalue weighted by Crippen LogP contribution is -2.40. The van der Waals surface area contributed by atoms with Gasteiger partial charge in [0, 0.05) is 29.2 Å². The molecule has 1 aliphatic carbocycles. The molecule has 2 N–H and O–H groups in total. The molecule has 0 atom stereocenters. The summed E-state index contributed by atoms with van der Waals surface area (Å²) in [5, 5.41) is 5.03. The number of H-pyrrole nitrogens is 1. The fourth-order valence-corrected chi connectivity index (χ4v) is 2.55. The molecule has 1 aromatic heterocycles. The number of benzene rings is 1. The lowest BCUT2D eigenvalue weighted by atomic mass is 9.98. The minimum absolute atomic E-state index is 0.276. The second kappa shape index (κ2) is 3.88. The van der Waals surface area contributed by atoms with Gasteiger partial charge in [-0.3, -0.25) is 0 Å². The minimum atomic E-state index is 0.276. The number of para-hydroxylation sites is 1. The molecule has 1 saturated carbocycles. The fraction of sp³-hybridized carbons (Fsp3) is 0.467. The van der Waals surface area contributed by atoms with Crippen LogP contribution < -0.4 is 5.32 Å². The zero-order valence-corrected chi connectivity index (χ0v) is 10.6. The summed E-state index contributed by atoms with van der Waals surface area (Å²) in [5.41, 5.74) is 2.88. The average molecular weight is 228 g/mol. The third kappa shape index (κ3) is 2.09. The third-order valence-electron chi connectivity index (χ3n) is 4.01. The highest BCUT2D eigenvalue weighted by molar-refractivity contribution is 5.82. The molecule has 90 valence electrons. The Hall–Kier alpha value is -1.28. The van der Waals surface area contributed by atoms with E-state index >= 15 is 0 Å². The average Bonchev–Trinajstić information content (AvgIpc) is 3.09. The van der Waals surface area contributed by atoms with Gasteiger partial charge in [-0.2, -0.15) is 0 Å². The van der Waals surface area contributed by atoms with E-state index in [1.54, 1.807) is 0 Å². The lowest BCUT2D eigenvalue weighted by Gasteiger charge is -2.26. The topological polar surface area (TPSA) is 27.8 Å². The molecule has 2 aromatic rings. The van der Waals surface area contributed by atoms with Gasteiger partial charge in [0.2, 0.25) is 0 Å². The van der Waals surface area contributed by atoms with Gasteiger partial charge in [-0.1, -0.05) is 18.2 Å². The highest BCUT2D eigenvalue weighted by Gasteiger charge is 2.37. The van der Waals surface area contributed by atoms with Crippen LogP contribution in [0.1, 0.15) is 32.3 Å². The molecular formula is C15H20N2. The van der Waals surface area contributed by atoms with Gasteiger partial charge in [0.25, 0.3) is 0 Å². The van der Waals surface area contributed by atoms with Gasteiger partial charge in [-0.05, 0) is 44.2 Å². The van der Waals surface area contributed by atoms with E-state index in [0.29, 0.717) is 0 Å². The molecule has 0 bridgehead atoms. The molecule has 0 spiro atoms. The van der Waals surface area contributed by atoms with E-state index in [0.717, 1.165) is 12.5 Å². The summed E-state index contributed by atoms with van der Waals surface area (Å²) < 4.78 is 0. The number of fused-ring (bicyclic) bond motifs is 1. The predicted molar refractivity (Wildman–Crippen MR) is 71.9 cm³/mol. The Kier molecular flexibility index (Phi) is 2.48. The van der Waals surface area contributed by atoms with E-state index in [1.165, 1.54) is 29.3 Å². The van der Waals surface area contributed by atoms with Crippen LogP contribution >= 0.6 is 0 Å². The van der Waals surface area contributed by atoms with E-state index < -0.39 is 0 Å². The van der Waals surface area contributed by atoms with Crippen LogP contribution in [0.25, 0.3) is 10.9 Å². The van der Waals surface area contributed by atoms with Crippen molar-refractivity contribution in [1.29, 1.82) is 0 Å². The van der Waals surface area contributed by atoms with E-state index in [-0.39, 0.29) is 5.54 Å². The monoisotopic (exact) mass is 228 g/mol. The lowest BCUT2D eigenvalue weighted by molar-refractivity contribution is 0.340. The number of rotatable bonds is 4. The number of hydrogen-bond acceptors (Lipinski definition) is 1. The first kappa shape index (κ1) is 10.8. The van der Waals surface area contributed by atoms with E-state index in [4.69, 9.17) is 0 Å². The first-order valence-corrected chi connectivity index (χ1v) is 6.47. The molecule has 1 heterocycles. The van der Waals surface area contributed by atoms with Crippen molar-refractivity contribution in [3.8, 4) is 0 Å². The van der Waals surface area contributed by atoms with Crippen LogP contribution in [0.3, 0.4) is 0 Å². The summed E-state index contributed by atoms with van der Waals surface area (Å²) in [6.07, 6.45) is 4.89. The van der Waals surface area contributed by atoms with Gasteiger partial charge in [0.1, 0.15) is 0 Å². The highest BCUT2D eigenvalue weighted by atomic mass is 15.0. The molecule has 1 aromatic carbocycles. The van der Waals surface area contributed by atoms with Crippen LogP contribution in [-0.2, 0) is 6.54 Å². The van der Waals surface area contributed by atoms with Gasteiger partial charge >= 0.3 is 0 Å². The maximum Gasteiger partial charge on any atom is 0.0457 e. The molecule has 0 saturated heterocycles. The van der Waals surface area contributed by atoms with Crippen LogP contribution in [0.15, 0.2) is 30.5 Å². The number of hydrogen-bond donors (Lipinski definition) is 2. The summed E-state index contributed by atoms with van der Waals surface area (Å²) in [6.45, 7) is 5.59. The SMILES string of the molecule is CC(C)(NCc1c[nH]c2ccccc12)C1CC1. The Balaban J connectivity index is 1.76. The zero-order valence-electron chi connectivity index (χ0n) is 10.6. The number of nitrogens with one attached hydrogen (secondary N) is 2. The molecule has 2 heteroatoms. The summed E-state index contributed by atoms with van der Waals surface area (Å²) in [7, 11) is 0. The summed E-state index contributed by atoms with van der Waals surface area (Å²) >= 11 is 0. The normalized spacial score (nSPS) is 16.6. The first-order valence-electron chi connectivity index (χ1n) is 6.47. The van der Waals surface area contributed by atoms with Gasteiger partial charge < -0.3 is 10.3 Å². The second-order valence-electron chi connectivity index (χ2n) is 5.71. The summed E-state index contributed by atoms with van der Waals surface area (Å²) in [6, 6.07) is 8.49. The van der Waals surface area contributed by atoms with Gasteiger partial charge in [-0.25, -0.2) is 0 Å². The standard InChI is InChI=1S/C15H20N2/c1-15(2,12-7-8-12)17-10-11-9-16-14-6-4-3-5-13(11)14/h3-6,9,12,16-17H,7-8,10H2,1-2H3. The zero-order chi connectivity index (χ0) is 11.9. The van der Waals surface area contributed by atoms with E-state index in [1.807, 2.05) is 0 Å². The Morgan fingerprint density at radius 1 is 1.29 bits per heavy atom. The maximum atomic E-state index is 3.70. The van der Waals surface area contributed by atoms with Gasteiger partial charge in [0.05, 0.1) is 0 Å². The van der Waals surface area contributed by atoms with Crippen LogP contribution in [0.4, 0.5) is 0 Å². The Labute approximate surface area is 102 Å². The quantitative estimate of drug-likeness (QED) is 0.824. The molecular weight excluding hydrogens is 208 g/mol. The number of aromatic nitrogens is 1. The van der Waals surface area contributed by atoms with Gasteiger partial charge in [-0.15, -0.1) is 0 Å². The van der Waals surface area contributed by atoms with Crippen molar-refractivity contribution in [2.45, 2.75) is 38.8 Å². The molecule has 0 radical (unpaired) electrons. The van der Waals surface area contributed by atoms with Crippen molar-refractivity contribution in [2.75, 3.05) is 0 Å². The molecule has 1 fully saturated rings. The van der Waals surface area contributed by atoms with Crippen molar-refractivity contribution >= 4 is 10.9 Å². The summed E-state index contributed by atoms with van der Waals surface area (Å²) in [4.78, 5) is 3.33. The third-order valence-corrected chi connectivity index (χ3v) is 4.01. The number of aromatic amines is 1. The first-order chi connectivity index (χ1) is 8.17. The molecule has 3 rings (SSSR count). The van der Waals surface area contributed by atoms with Crippen molar-refractivity contribution in [2.24, 2.45) is 5.92 Å². The molecule has 0 unspecified atom stereocenters. The van der Waals surface area contributed by atoms with Crippen LogP contribution in [0.5, 0.6) is 0 Å². The van der Waals surface area contributed by atoms with Crippen molar-refractivity contribution in [1.82, 2.24) is 10.3 Å². The predicted octanol–water partition coefficient (Wildman–Crippen LogP) is 3.45. The molecule has 0 aliphatic heterocycles. The highest BCUT2D eigenvalue weighted by Crippen LogP contribution is 2.39. The van der Waals surface area contributed by atoms with Crippen molar-refractivity contribution < 1.29 is 0 Å². The smallest absolute Gasteiger partial charge is 0.0457 e. The Bertz CT molecular complexity index is 520. The fourth-order valence-electron chi connectivity index (χ4n) is 2.55. The maximum absolute atomic E-state index is 3.70. The van der Waals surface area contributed by atoms with E-state index in [9.17, 15) is 0 Å². The van der Waals surface area contributed by atoms with Crippen LogP contribution in [0, 0.1) is 5.92 Å². The second-order valence-corrected chi connectivity index (χ2v) is 5.71. The van der Waals surface area contributed by atoms with Crippen molar-refractivity contribution in [3.63, 3.8) is 0 Å². The molecule has 0 amide bonds. The molecule has 17 heavy (non-hydrogen) atoms. The van der Waals surface area contributed by atoms with Crippen molar-refractivity contribution in [3.05, 3.63) is 36.0 Å². The Morgan fingerprint density at radius 2 is 2.06 bits per heavy atom. The largest absolute Gasteiger partial charge is 0.361 e.